The molecule has 4 aromatic carbocycles. The van der Waals surface area contributed by atoms with Crippen LogP contribution in [0.25, 0.3) is 21.8 Å². The van der Waals surface area contributed by atoms with Crippen molar-refractivity contribution in [3.63, 3.8) is 0 Å². The molecule has 256 valence electrons. The van der Waals surface area contributed by atoms with Crippen molar-refractivity contribution in [2.45, 2.75) is 50.4 Å². The summed E-state index contributed by atoms with van der Waals surface area (Å²) in [5.74, 6) is 2.03. The van der Waals surface area contributed by atoms with Crippen molar-refractivity contribution in [2.75, 3.05) is 7.11 Å². The van der Waals surface area contributed by atoms with Gasteiger partial charge in [-0.15, -0.1) is 33.3 Å². The highest BCUT2D eigenvalue weighted by molar-refractivity contribution is 7.98. The van der Waals surface area contributed by atoms with E-state index in [1.54, 1.807) is 11.3 Å². The summed E-state index contributed by atoms with van der Waals surface area (Å²) < 4.78 is 7.08. The molecule has 0 spiro atoms. The number of hydrogen-bond donors (Lipinski definition) is 1. The van der Waals surface area contributed by atoms with Crippen molar-refractivity contribution >= 4 is 40.5 Å². The summed E-state index contributed by atoms with van der Waals surface area (Å²) >= 11 is 3.54. The van der Waals surface area contributed by atoms with Crippen LogP contribution in [0.4, 0.5) is 0 Å². The molecule has 0 fully saturated rings. The lowest BCUT2D eigenvalue weighted by Gasteiger charge is -2.13. The monoisotopic (exact) mass is 709 g/mol. The zero-order valence-corrected chi connectivity index (χ0v) is 30.8. The molecule has 1 aliphatic heterocycles. The Morgan fingerprint density at radius 3 is 2.22 bits per heavy atom. The van der Waals surface area contributed by atoms with Crippen molar-refractivity contribution in [2.24, 2.45) is 4.99 Å². The van der Waals surface area contributed by atoms with Crippen LogP contribution < -0.4 is 5.32 Å². The maximum atomic E-state index is 12.5. The summed E-state index contributed by atoms with van der Waals surface area (Å²) in [6.45, 7) is 11.2. The fourth-order valence-corrected chi connectivity index (χ4v) is 8.27. The predicted octanol–water partition coefficient (Wildman–Crippen LogP) is 9.43. The first-order chi connectivity index (χ1) is 24.8. The summed E-state index contributed by atoms with van der Waals surface area (Å²) in [5, 5.41) is 13.3. The Morgan fingerprint density at radius 1 is 0.863 bits per heavy atom. The minimum atomic E-state index is -0.523. The van der Waals surface area contributed by atoms with Gasteiger partial charge in [0.1, 0.15) is 16.9 Å². The van der Waals surface area contributed by atoms with E-state index in [1.165, 1.54) is 28.0 Å². The molecule has 7 rings (SSSR count). The number of ether oxygens (including phenoxy) is 1. The number of benzene rings is 4. The van der Waals surface area contributed by atoms with Crippen molar-refractivity contribution in [1.29, 1.82) is 0 Å². The molecule has 0 amide bonds. The molecule has 6 aromatic rings. The molecule has 0 bridgehead atoms. The van der Waals surface area contributed by atoms with Crippen LogP contribution in [-0.4, -0.2) is 33.6 Å². The average molecular weight is 710 g/mol. The molecule has 1 N–H and O–H groups in total. The first-order valence-electron chi connectivity index (χ1n) is 16.9. The molecule has 1 atom stereocenters. The minimum absolute atomic E-state index is 0.0797. The van der Waals surface area contributed by atoms with Crippen LogP contribution in [0.15, 0.2) is 120 Å². The highest BCUT2D eigenvalue weighted by atomic mass is 32.2. The van der Waals surface area contributed by atoms with E-state index < -0.39 is 6.04 Å². The summed E-state index contributed by atoms with van der Waals surface area (Å²) in [4.78, 5) is 20.1. The van der Waals surface area contributed by atoms with E-state index in [-0.39, 0.29) is 12.4 Å². The second-order valence-electron chi connectivity index (χ2n) is 12.6. The highest BCUT2D eigenvalue weighted by Gasteiger charge is 2.32. The number of rotatable bonds is 11. The molecular weight excluding hydrogens is 671 g/mol. The van der Waals surface area contributed by atoms with E-state index in [1.807, 2.05) is 23.3 Å². The molecule has 7 nitrogen and oxygen atoms in total. The number of hydrogen-bond acceptors (Lipinski definition) is 8. The van der Waals surface area contributed by atoms with Gasteiger partial charge in [-0.25, -0.2) is 0 Å². The molecule has 0 saturated carbocycles. The van der Waals surface area contributed by atoms with Gasteiger partial charge in [-0.2, -0.15) is 0 Å². The van der Waals surface area contributed by atoms with Crippen LogP contribution in [0.3, 0.4) is 0 Å². The molecule has 2 aromatic heterocycles. The number of aryl methyl sites for hydroxylation is 2. The number of fused-ring (bicyclic) bond motifs is 3. The van der Waals surface area contributed by atoms with Gasteiger partial charge in [0.05, 0.1) is 19.2 Å². The van der Waals surface area contributed by atoms with Crippen molar-refractivity contribution in [3.8, 4) is 16.1 Å². The van der Waals surface area contributed by atoms with Gasteiger partial charge in [0, 0.05) is 38.9 Å². The number of thiophene rings is 1. The molecule has 0 aliphatic carbocycles. The summed E-state index contributed by atoms with van der Waals surface area (Å²) in [5.41, 5.74) is 10.7. The summed E-state index contributed by atoms with van der Waals surface area (Å²) in [6, 6.07) is 35.7. The zero-order chi connectivity index (χ0) is 35.5. The lowest BCUT2D eigenvalue weighted by molar-refractivity contribution is -0.141. The Bertz CT molecular complexity index is 2220. The number of nitrogens with one attached hydrogen (secondary N) is 1. The van der Waals surface area contributed by atoms with Crippen LogP contribution in [0.1, 0.15) is 62.4 Å². The Hall–Kier alpha value is -5.25. The van der Waals surface area contributed by atoms with Crippen molar-refractivity contribution in [1.82, 2.24) is 20.1 Å². The van der Waals surface area contributed by atoms with Crippen molar-refractivity contribution in [3.05, 3.63) is 160 Å². The largest absolute Gasteiger partial charge is 0.469 e. The van der Waals surface area contributed by atoms with Crippen LogP contribution in [0.5, 0.6) is 0 Å². The van der Waals surface area contributed by atoms with Gasteiger partial charge < -0.3 is 10.1 Å². The molecule has 1 unspecified atom stereocenters. The molecule has 9 heteroatoms. The van der Waals surface area contributed by atoms with Gasteiger partial charge in [-0.3, -0.25) is 14.4 Å². The van der Waals surface area contributed by atoms with Gasteiger partial charge in [0.15, 0.2) is 5.82 Å². The lowest BCUT2D eigenvalue weighted by atomic mass is 9.96. The number of methoxy groups -OCH3 is 1. The number of aromatic nitrogens is 3. The summed E-state index contributed by atoms with van der Waals surface area (Å²) in [6.07, 6.45) is 0.0797. The Balaban J connectivity index is 1.04. The molecule has 51 heavy (non-hydrogen) atoms. The molecule has 0 radical (unpaired) electrons. The van der Waals surface area contributed by atoms with E-state index >= 15 is 0 Å². The van der Waals surface area contributed by atoms with E-state index in [0.29, 0.717) is 12.4 Å². The van der Waals surface area contributed by atoms with Crippen LogP contribution in [0, 0.1) is 20.8 Å². The van der Waals surface area contributed by atoms with E-state index in [9.17, 15) is 4.79 Å². The second-order valence-corrected chi connectivity index (χ2v) is 14.8. The maximum Gasteiger partial charge on any atom is 0.308 e. The summed E-state index contributed by atoms with van der Waals surface area (Å²) in [7, 11) is 1.40. The van der Waals surface area contributed by atoms with E-state index in [4.69, 9.17) is 9.73 Å². The number of thioether (sulfide) groups is 1. The minimum Gasteiger partial charge on any atom is -0.469 e. The van der Waals surface area contributed by atoms with Gasteiger partial charge >= 0.3 is 5.97 Å². The number of carbonyl (C=O) groups excluding carboxylic acids is 1. The topological polar surface area (TPSA) is 81.4 Å². The Morgan fingerprint density at radius 2 is 1.53 bits per heavy atom. The average Bonchev–Trinajstić information content (AvgIpc) is 3.65. The Kier molecular flexibility index (Phi) is 10.0. The normalized spacial score (nSPS) is 13.5. The lowest BCUT2D eigenvalue weighted by Crippen LogP contribution is -2.12. The standard InChI is InChI=1S/C42H39N5O2S2/c1-26-28(3)51-42-39(26)40(44-37(23-38(48)49-5)41-46-45-29(4)47(41)42)35-19-17-34(18-20-35)33-15-13-32(14-16-33)27(2)43-24-30-11-21-36(22-12-30)50-25-31-9-7-6-8-10-31/h6-22,37,43H,2,23-25H2,1,3-5H3. The fourth-order valence-electron chi connectivity index (χ4n) is 6.21. The quantitative estimate of drug-likeness (QED) is 0.107. The smallest absolute Gasteiger partial charge is 0.308 e. The van der Waals surface area contributed by atoms with Gasteiger partial charge in [-0.1, -0.05) is 97.6 Å². The van der Waals surface area contributed by atoms with E-state index in [0.717, 1.165) is 61.4 Å². The molecule has 1 aliphatic rings. The number of aliphatic imine (C=N–C) groups is 1. The van der Waals surface area contributed by atoms with Crippen LogP contribution in [0.2, 0.25) is 0 Å². The maximum absolute atomic E-state index is 12.5. The first-order valence-corrected chi connectivity index (χ1v) is 18.7. The van der Waals surface area contributed by atoms with Gasteiger partial charge in [0.2, 0.25) is 0 Å². The van der Waals surface area contributed by atoms with Gasteiger partial charge in [-0.05, 0) is 66.3 Å². The van der Waals surface area contributed by atoms with E-state index in [2.05, 4.69) is 139 Å². The third-order valence-electron chi connectivity index (χ3n) is 9.23. The first kappa shape index (κ1) is 34.2. The third kappa shape index (κ3) is 7.31. The van der Waals surface area contributed by atoms with Crippen LogP contribution >= 0.6 is 23.1 Å². The zero-order valence-electron chi connectivity index (χ0n) is 29.1. The third-order valence-corrected chi connectivity index (χ3v) is 11.5. The SMILES string of the molecule is C=C(NCc1ccc(SCc2ccccc2)cc1)c1ccc(-c2ccc(C3=NC(CC(=O)OC)c4nnc(C)n4-c4sc(C)c(C)c43)cc2)cc1. The molecular formula is C42H39N5O2S2. The fraction of sp³-hybridized carbons (Fsp3) is 0.190. The number of carbonyl (C=O) groups is 1. The second kappa shape index (κ2) is 14.9. The highest BCUT2D eigenvalue weighted by Crippen LogP contribution is 2.40. The molecule has 0 saturated heterocycles. The van der Waals surface area contributed by atoms with Gasteiger partial charge in [0.25, 0.3) is 0 Å². The predicted molar refractivity (Wildman–Crippen MR) is 209 cm³/mol. The molecule has 3 heterocycles. The van der Waals surface area contributed by atoms with Crippen LogP contribution in [-0.2, 0) is 21.8 Å². The Labute approximate surface area is 307 Å². The van der Waals surface area contributed by atoms with Crippen molar-refractivity contribution < 1.29 is 9.53 Å². The number of esters is 1. The number of nitrogens with zero attached hydrogens (tertiary/aromatic N) is 4.